The maximum atomic E-state index is 13.6. The summed E-state index contributed by atoms with van der Waals surface area (Å²) >= 11 is 13.7. The van der Waals surface area contributed by atoms with Crippen molar-refractivity contribution >= 4 is 56.6 Å². The highest BCUT2D eigenvalue weighted by atomic mass is 35.5. The Bertz CT molecular complexity index is 1000. The number of halogens is 4. The number of thioether (sulfide) groups is 1. The summed E-state index contributed by atoms with van der Waals surface area (Å²) in [7, 11) is -3.92. The zero-order valence-corrected chi connectivity index (χ0v) is 19.3. The summed E-state index contributed by atoms with van der Waals surface area (Å²) in [6.45, 7) is 1.64. The molecule has 0 aliphatic rings. The van der Waals surface area contributed by atoms with E-state index in [2.05, 4.69) is 5.32 Å². The molecule has 164 valence electrons. The molecule has 30 heavy (non-hydrogen) atoms. The zero-order valence-electron chi connectivity index (χ0n) is 16.2. The van der Waals surface area contributed by atoms with E-state index in [1.165, 1.54) is 18.7 Å². The summed E-state index contributed by atoms with van der Waals surface area (Å²) in [5.41, 5.74) is 0.661. The summed E-state index contributed by atoms with van der Waals surface area (Å²) < 4.78 is 51.8. The minimum absolute atomic E-state index is 0.137. The molecular weight excluding hydrogens is 477 g/mol. The second-order valence-electron chi connectivity index (χ2n) is 6.38. The number of hydrogen-bond acceptors (Lipinski definition) is 4. The van der Waals surface area contributed by atoms with Gasteiger partial charge in [-0.2, -0.15) is 11.8 Å². The van der Waals surface area contributed by atoms with Gasteiger partial charge in [0, 0.05) is 34.2 Å². The van der Waals surface area contributed by atoms with E-state index >= 15 is 0 Å². The SMILES string of the molecule is CC(C(=O)NCCSCc1c(Cl)cccc1Cl)N(c1ccc(F)c(F)c1)S(C)(=O)=O. The third-order valence-electron chi connectivity index (χ3n) is 4.10. The monoisotopic (exact) mass is 496 g/mol. The van der Waals surface area contributed by atoms with E-state index < -0.39 is 33.6 Å². The van der Waals surface area contributed by atoms with Crippen LogP contribution in [0, 0.1) is 11.6 Å². The molecule has 0 saturated carbocycles. The number of nitrogens with zero attached hydrogens (tertiary/aromatic N) is 1. The molecule has 1 amide bonds. The van der Waals surface area contributed by atoms with E-state index in [1.54, 1.807) is 18.2 Å². The Morgan fingerprint density at radius 3 is 2.37 bits per heavy atom. The van der Waals surface area contributed by atoms with Crippen LogP contribution in [-0.2, 0) is 20.6 Å². The van der Waals surface area contributed by atoms with Crippen LogP contribution in [0.25, 0.3) is 0 Å². The van der Waals surface area contributed by atoms with Crippen molar-refractivity contribution in [2.24, 2.45) is 0 Å². The molecule has 0 radical (unpaired) electrons. The molecule has 0 aliphatic carbocycles. The Labute approximate surface area is 188 Å². The molecule has 0 heterocycles. The molecule has 5 nitrogen and oxygen atoms in total. The molecule has 0 aromatic heterocycles. The van der Waals surface area contributed by atoms with E-state index in [4.69, 9.17) is 23.2 Å². The lowest BCUT2D eigenvalue weighted by Gasteiger charge is -2.28. The molecule has 0 saturated heterocycles. The number of carbonyl (C=O) groups is 1. The second-order valence-corrected chi connectivity index (χ2v) is 10.2. The van der Waals surface area contributed by atoms with Gasteiger partial charge in [-0.3, -0.25) is 9.10 Å². The van der Waals surface area contributed by atoms with Crippen LogP contribution in [0.5, 0.6) is 0 Å². The van der Waals surface area contributed by atoms with Crippen molar-refractivity contribution in [3.63, 3.8) is 0 Å². The van der Waals surface area contributed by atoms with Gasteiger partial charge in [-0.1, -0.05) is 29.3 Å². The lowest BCUT2D eigenvalue weighted by molar-refractivity contribution is -0.121. The molecule has 1 atom stereocenters. The first-order valence-corrected chi connectivity index (χ1v) is 12.5. The quantitative estimate of drug-likeness (QED) is 0.519. The predicted octanol–water partition coefficient (Wildman–Crippen LogP) is 4.48. The fraction of sp³-hybridized carbons (Fsp3) is 0.316. The summed E-state index contributed by atoms with van der Waals surface area (Å²) in [5.74, 6) is -1.80. The Balaban J connectivity index is 1.96. The van der Waals surface area contributed by atoms with E-state index in [9.17, 15) is 22.0 Å². The average Bonchev–Trinajstić information content (AvgIpc) is 2.65. The number of hydrogen-bond donors (Lipinski definition) is 1. The number of carbonyl (C=O) groups excluding carboxylic acids is 1. The lowest BCUT2D eigenvalue weighted by Crippen LogP contribution is -2.48. The topological polar surface area (TPSA) is 66.5 Å². The van der Waals surface area contributed by atoms with Crippen molar-refractivity contribution in [3.8, 4) is 0 Å². The van der Waals surface area contributed by atoms with Gasteiger partial charge in [0.2, 0.25) is 15.9 Å². The number of nitrogens with one attached hydrogen (secondary N) is 1. The maximum Gasteiger partial charge on any atom is 0.243 e. The minimum atomic E-state index is -3.92. The van der Waals surface area contributed by atoms with Gasteiger partial charge >= 0.3 is 0 Å². The van der Waals surface area contributed by atoms with Gasteiger partial charge in [0.1, 0.15) is 6.04 Å². The van der Waals surface area contributed by atoms with E-state index in [1.807, 2.05) is 0 Å². The van der Waals surface area contributed by atoms with Gasteiger partial charge < -0.3 is 5.32 Å². The Hall–Kier alpha value is -1.55. The smallest absolute Gasteiger partial charge is 0.243 e. The molecule has 2 aromatic rings. The standard InChI is InChI=1S/C19H20Cl2F2N2O3S2/c1-12(25(30(2,27)28)13-6-7-17(22)18(23)10-13)19(26)24-8-9-29-11-14-15(20)4-3-5-16(14)21/h3-7,10,12H,8-9,11H2,1-2H3,(H,24,26). The Morgan fingerprint density at radius 2 is 1.80 bits per heavy atom. The molecular formula is C19H20Cl2F2N2O3S2. The van der Waals surface area contributed by atoms with Crippen molar-refractivity contribution < 1.29 is 22.0 Å². The van der Waals surface area contributed by atoms with Crippen LogP contribution in [0.1, 0.15) is 12.5 Å². The number of rotatable bonds is 9. The van der Waals surface area contributed by atoms with Gasteiger partial charge in [0.15, 0.2) is 11.6 Å². The first kappa shape index (κ1) is 24.7. The normalized spacial score (nSPS) is 12.5. The molecule has 2 rings (SSSR count). The zero-order chi connectivity index (χ0) is 22.5. The van der Waals surface area contributed by atoms with Crippen molar-refractivity contribution in [1.29, 1.82) is 0 Å². The van der Waals surface area contributed by atoms with Crippen LogP contribution >= 0.6 is 35.0 Å². The van der Waals surface area contributed by atoms with Gasteiger partial charge in [0.25, 0.3) is 0 Å². The van der Waals surface area contributed by atoms with E-state index in [-0.39, 0.29) is 12.2 Å². The van der Waals surface area contributed by atoms with Crippen molar-refractivity contribution in [3.05, 3.63) is 63.6 Å². The lowest BCUT2D eigenvalue weighted by atomic mass is 10.2. The molecule has 0 fully saturated rings. The molecule has 11 heteroatoms. The highest BCUT2D eigenvalue weighted by Gasteiger charge is 2.29. The molecule has 2 aromatic carbocycles. The predicted molar refractivity (Wildman–Crippen MR) is 119 cm³/mol. The third-order valence-corrected chi connectivity index (χ3v) is 7.04. The largest absolute Gasteiger partial charge is 0.353 e. The van der Waals surface area contributed by atoms with Crippen LogP contribution < -0.4 is 9.62 Å². The van der Waals surface area contributed by atoms with Crippen molar-refractivity contribution in [1.82, 2.24) is 5.32 Å². The Morgan fingerprint density at radius 1 is 1.17 bits per heavy atom. The van der Waals surface area contributed by atoms with Crippen LogP contribution in [-0.4, -0.2) is 38.9 Å². The van der Waals surface area contributed by atoms with Gasteiger partial charge in [-0.15, -0.1) is 0 Å². The first-order chi connectivity index (χ1) is 14.0. The number of anilines is 1. The first-order valence-electron chi connectivity index (χ1n) is 8.75. The highest BCUT2D eigenvalue weighted by molar-refractivity contribution is 7.98. The fourth-order valence-corrected chi connectivity index (χ4v) is 5.43. The average molecular weight is 497 g/mol. The number of amides is 1. The van der Waals surface area contributed by atoms with E-state index in [0.717, 1.165) is 34.3 Å². The second kappa shape index (κ2) is 10.7. The van der Waals surface area contributed by atoms with Crippen LogP contribution in [0.4, 0.5) is 14.5 Å². The van der Waals surface area contributed by atoms with Gasteiger partial charge in [0.05, 0.1) is 11.9 Å². The van der Waals surface area contributed by atoms with Crippen LogP contribution in [0.3, 0.4) is 0 Å². The van der Waals surface area contributed by atoms with Crippen molar-refractivity contribution in [2.75, 3.05) is 22.9 Å². The fourth-order valence-electron chi connectivity index (χ4n) is 2.67. The summed E-state index contributed by atoms with van der Waals surface area (Å²) in [5, 5.41) is 3.76. The Kier molecular flexibility index (Phi) is 8.78. The molecule has 1 N–H and O–H groups in total. The molecule has 1 unspecified atom stereocenters. The third kappa shape index (κ3) is 6.47. The molecule has 0 bridgehead atoms. The minimum Gasteiger partial charge on any atom is -0.353 e. The number of sulfonamides is 1. The van der Waals surface area contributed by atoms with E-state index in [0.29, 0.717) is 21.6 Å². The van der Waals surface area contributed by atoms with Crippen molar-refractivity contribution in [2.45, 2.75) is 18.7 Å². The highest BCUT2D eigenvalue weighted by Crippen LogP contribution is 2.28. The summed E-state index contributed by atoms with van der Waals surface area (Å²) in [4.78, 5) is 12.5. The van der Waals surface area contributed by atoms with Crippen LogP contribution in [0.2, 0.25) is 10.0 Å². The molecule has 0 spiro atoms. The van der Waals surface area contributed by atoms with Crippen LogP contribution in [0.15, 0.2) is 36.4 Å². The summed E-state index contributed by atoms with van der Waals surface area (Å²) in [6, 6.07) is 6.73. The maximum absolute atomic E-state index is 13.6. The molecule has 0 aliphatic heterocycles. The van der Waals surface area contributed by atoms with Gasteiger partial charge in [-0.05, 0) is 36.8 Å². The summed E-state index contributed by atoms with van der Waals surface area (Å²) in [6.07, 6.45) is 0.890. The number of benzene rings is 2. The van der Waals surface area contributed by atoms with Gasteiger partial charge in [-0.25, -0.2) is 17.2 Å².